The van der Waals surface area contributed by atoms with Gasteiger partial charge in [0.2, 0.25) is 0 Å². The average molecular weight is 304 g/mol. The fourth-order valence-corrected chi connectivity index (χ4v) is 3.74. The van der Waals surface area contributed by atoms with Crippen molar-refractivity contribution in [1.29, 1.82) is 0 Å². The zero-order valence-corrected chi connectivity index (χ0v) is 13.3. The number of aromatic nitrogens is 1. The molecule has 112 valence electrons. The number of halogens is 1. The molecule has 1 aromatic heterocycles. The minimum atomic E-state index is -0.156. The molecule has 0 amide bonds. The van der Waals surface area contributed by atoms with Gasteiger partial charge in [0.05, 0.1) is 6.04 Å². The molecule has 1 atom stereocenters. The van der Waals surface area contributed by atoms with Crippen LogP contribution < -0.4 is 5.32 Å². The maximum atomic E-state index is 12.9. The van der Waals surface area contributed by atoms with Gasteiger partial charge in [-0.2, -0.15) is 0 Å². The van der Waals surface area contributed by atoms with Crippen molar-refractivity contribution >= 4 is 11.3 Å². The van der Waals surface area contributed by atoms with E-state index >= 15 is 0 Å². The molecule has 0 bridgehead atoms. The van der Waals surface area contributed by atoms with Gasteiger partial charge in [-0.15, -0.1) is 11.3 Å². The summed E-state index contributed by atoms with van der Waals surface area (Å²) in [7, 11) is 0. The predicted molar refractivity (Wildman–Crippen MR) is 85.2 cm³/mol. The number of rotatable bonds is 5. The highest BCUT2D eigenvalue weighted by atomic mass is 32.1. The summed E-state index contributed by atoms with van der Waals surface area (Å²) in [5.41, 5.74) is 1.25. The summed E-state index contributed by atoms with van der Waals surface area (Å²) in [6.07, 6.45) is 5.30. The molecule has 4 heteroatoms. The van der Waals surface area contributed by atoms with Gasteiger partial charge in [0.25, 0.3) is 0 Å². The number of nitrogens with one attached hydrogen (secondary N) is 1. The quantitative estimate of drug-likeness (QED) is 0.883. The van der Waals surface area contributed by atoms with Crippen LogP contribution in [0.4, 0.5) is 4.39 Å². The zero-order chi connectivity index (χ0) is 14.8. The van der Waals surface area contributed by atoms with E-state index in [0.717, 1.165) is 19.3 Å². The molecule has 1 aromatic carbocycles. The van der Waals surface area contributed by atoms with E-state index in [0.29, 0.717) is 18.0 Å². The normalized spacial score (nSPS) is 22.8. The van der Waals surface area contributed by atoms with Gasteiger partial charge in [-0.1, -0.05) is 19.1 Å². The summed E-state index contributed by atoms with van der Waals surface area (Å²) in [5.74, 6) is 0.412. The number of hydrogen-bond donors (Lipinski definition) is 1. The van der Waals surface area contributed by atoms with Gasteiger partial charge in [-0.05, 0) is 49.8 Å². The Morgan fingerprint density at radius 3 is 2.67 bits per heavy atom. The maximum Gasteiger partial charge on any atom is 0.123 e. The molecule has 1 aliphatic carbocycles. The highest BCUT2D eigenvalue weighted by molar-refractivity contribution is 7.11. The Labute approximate surface area is 129 Å². The molecule has 3 rings (SSSR count). The first-order chi connectivity index (χ1) is 10.2. The van der Waals surface area contributed by atoms with Crippen LogP contribution in [0.3, 0.4) is 0 Å². The van der Waals surface area contributed by atoms with Gasteiger partial charge in [-0.3, -0.25) is 0 Å². The molecule has 21 heavy (non-hydrogen) atoms. The lowest BCUT2D eigenvalue weighted by molar-refractivity contribution is 0.270. The van der Waals surface area contributed by atoms with Gasteiger partial charge in [-0.25, -0.2) is 9.37 Å². The van der Waals surface area contributed by atoms with Crippen LogP contribution >= 0.6 is 11.3 Å². The van der Waals surface area contributed by atoms with Crippen molar-refractivity contribution < 1.29 is 4.39 Å². The first kappa shape index (κ1) is 14.7. The number of benzene rings is 1. The van der Waals surface area contributed by atoms with Crippen LogP contribution in [0.2, 0.25) is 0 Å². The molecule has 0 aliphatic heterocycles. The number of thiazole rings is 1. The number of nitrogens with zero attached hydrogens (tertiary/aromatic N) is 1. The van der Waals surface area contributed by atoms with Crippen LogP contribution in [0.5, 0.6) is 0 Å². The zero-order valence-electron chi connectivity index (χ0n) is 12.5. The Hall–Kier alpha value is -1.26. The van der Waals surface area contributed by atoms with E-state index in [1.54, 1.807) is 23.5 Å². The van der Waals surface area contributed by atoms with Gasteiger partial charge in [0.1, 0.15) is 10.8 Å². The number of aryl methyl sites for hydroxylation is 1. The Bertz CT molecular complexity index is 587. The third kappa shape index (κ3) is 3.33. The van der Waals surface area contributed by atoms with Crippen molar-refractivity contribution in [3.05, 3.63) is 51.7 Å². The molecule has 0 saturated heterocycles. The monoisotopic (exact) mass is 304 g/mol. The van der Waals surface area contributed by atoms with Crippen molar-refractivity contribution in [2.24, 2.45) is 0 Å². The summed E-state index contributed by atoms with van der Waals surface area (Å²) in [6, 6.07) is 7.79. The Kier molecular flexibility index (Phi) is 4.36. The molecule has 1 aliphatic rings. The second-order valence-electron chi connectivity index (χ2n) is 5.82. The molecule has 0 radical (unpaired) electrons. The fraction of sp³-hybridized carbons (Fsp3) is 0.471. The predicted octanol–water partition coefficient (Wildman–Crippen LogP) is 4.44. The third-order valence-electron chi connectivity index (χ3n) is 4.26. The largest absolute Gasteiger partial charge is 0.305 e. The van der Waals surface area contributed by atoms with E-state index in [-0.39, 0.29) is 5.82 Å². The van der Waals surface area contributed by atoms with Crippen molar-refractivity contribution in [3.8, 4) is 0 Å². The van der Waals surface area contributed by atoms with E-state index in [1.165, 1.54) is 15.4 Å². The van der Waals surface area contributed by atoms with Crippen molar-refractivity contribution in [2.75, 3.05) is 0 Å². The minimum absolute atomic E-state index is 0.156. The lowest BCUT2D eigenvalue weighted by Crippen LogP contribution is -2.41. The van der Waals surface area contributed by atoms with Crippen molar-refractivity contribution in [3.63, 3.8) is 0 Å². The standard InChI is InChI=1S/C17H21FN2S/c1-3-16-10-19-17(21-16)11(2)20-15-8-13(9-15)12-4-6-14(18)7-5-12/h4-7,10-11,13,15,20H,3,8-9H2,1-2H3. The minimum Gasteiger partial charge on any atom is -0.305 e. The molecule has 2 aromatic rings. The highest BCUT2D eigenvalue weighted by Gasteiger charge is 2.31. The SMILES string of the molecule is CCc1cnc(C(C)NC2CC(c3ccc(F)cc3)C2)s1. The second kappa shape index (κ2) is 6.24. The molecular weight excluding hydrogens is 283 g/mol. The maximum absolute atomic E-state index is 12.9. The van der Waals surface area contributed by atoms with E-state index < -0.39 is 0 Å². The third-order valence-corrected chi connectivity index (χ3v) is 5.58. The van der Waals surface area contributed by atoms with E-state index in [2.05, 4.69) is 24.1 Å². The summed E-state index contributed by atoms with van der Waals surface area (Å²) in [5, 5.41) is 4.83. The lowest BCUT2D eigenvalue weighted by Gasteiger charge is -2.37. The van der Waals surface area contributed by atoms with Gasteiger partial charge >= 0.3 is 0 Å². The highest BCUT2D eigenvalue weighted by Crippen LogP contribution is 2.38. The Balaban J connectivity index is 1.51. The summed E-state index contributed by atoms with van der Waals surface area (Å²) in [4.78, 5) is 5.84. The van der Waals surface area contributed by atoms with Crippen LogP contribution in [-0.4, -0.2) is 11.0 Å². The van der Waals surface area contributed by atoms with Crippen molar-refractivity contribution in [2.45, 2.75) is 51.1 Å². The molecule has 1 fully saturated rings. The molecule has 2 nitrogen and oxygen atoms in total. The van der Waals surface area contributed by atoms with E-state index in [1.807, 2.05) is 18.3 Å². The fourth-order valence-electron chi connectivity index (χ4n) is 2.87. The van der Waals surface area contributed by atoms with Gasteiger partial charge in [0, 0.05) is 17.1 Å². The molecule has 1 unspecified atom stereocenters. The van der Waals surface area contributed by atoms with Crippen LogP contribution in [-0.2, 0) is 6.42 Å². The van der Waals surface area contributed by atoms with Crippen LogP contribution in [0, 0.1) is 5.82 Å². The Morgan fingerprint density at radius 1 is 1.33 bits per heavy atom. The summed E-state index contributed by atoms with van der Waals surface area (Å²) >= 11 is 1.80. The van der Waals surface area contributed by atoms with Gasteiger partial charge < -0.3 is 5.32 Å². The van der Waals surface area contributed by atoms with Crippen molar-refractivity contribution in [1.82, 2.24) is 10.3 Å². The lowest BCUT2D eigenvalue weighted by atomic mass is 9.75. The van der Waals surface area contributed by atoms with Gasteiger partial charge in [0.15, 0.2) is 0 Å². The molecule has 0 spiro atoms. The molecule has 1 heterocycles. The van der Waals surface area contributed by atoms with E-state index in [9.17, 15) is 4.39 Å². The smallest absolute Gasteiger partial charge is 0.123 e. The first-order valence-electron chi connectivity index (χ1n) is 7.61. The Morgan fingerprint density at radius 2 is 2.05 bits per heavy atom. The average Bonchev–Trinajstić information content (AvgIpc) is 2.92. The molecule has 1 saturated carbocycles. The summed E-state index contributed by atoms with van der Waals surface area (Å²) < 4.78 is 12.9. The second-order valence-corrected chi connectivity index (χ2v) is 6.97. The molecular formula is C17H21FN2S. The summed E-state index contributed by atoms with van der Waals surface area (Å²) in [6.45, 7) is 4.35. The topological polar surface area (TPSA) is 24.9 Å². The van der Waals surface area contributed by atoms with E-state index in [4.69, 9.17) is 0 Å². The first-order valence-corrected chi connectivity index (χ1v) is 8.43. The molecule has 1 N–H and O–H groups in total. The number of hydrogen-bond acceptors (Lipinski definition) is 3. The van der Waals surface area contributed by atoms with Crippen LogP contribution in [0.15, 0.2) is 30.5 Å². The van der Waals surface area contributed by atoms with Crippen LogP contribution in [0.1, 0.15) is 54.1 Å². The van der Waals surface area contributed by atoms with Crippen LogP contribution in [0.25, 0.3) is 0 Å².